The quantitative estimate of drug-likeness (QED) is 0.852. The van der Waals surface area contributed by atoms with Gasteiger partial charge in [0.05, 0.1) is 5.69 Å². The van der Waals surface area contributed by atoms with Gasteiger partial charge in [0.25, 0.3) is 0 Å². The molecule has 1 unspecified atom stereocenters. The van der Waals surface area contributed by atoms with Crippen molar-refractivity contribution >= 4 is 23.1 Å². The number of nitrogens with two attached hydrogens (primary N) is 1. The molecule has 2 N–H and O–H groups in total. The third kappa shape index (κ3) is 3.95. The zero-order valence-corrected chi connectivity index (χ0v) is 11.6. The van der Waals surface area contributed by atoms with Crippen molar-refractivity contribution in [3.05, 3.63) is 35.3 Å². The summed E-state index contributed by atoms with van der Waals surface area (Å²) in [6.07, 6.45) is 0. The lowest BCUT2D eigenvalue weighted by Gasteiger charge is -2.05. The number of halogens is 3. The normalized spacial score (nSPS) is 13.5. The SMILES string of the molecule is CC(N)c1csc(-c2ccc(SC(F)(F)F)cc2)n1. The number of hydrogen-bond donors (Lipinski definition) is 1. The predicted molar refractivity (Wildman–Crippen MR) is 72.1 cm³/mol. The smallest absolute Gasteiger partial charge is 0.323 e. The van der Waals surface area contributed by atoms with E-state index in [9.17, 15) is 13.2 Å². The highest BCUT2D eigenvalue weighted by atomic mass is 32.2. The first-order valence-corrected chi connectivity index (χ1v) is 7.12. The minimum Gasteiger partial charge on any atom is -0.323 e. The molecule has 0 aliphatic carbocycles. The first-order valence-electron chi connectivity index (χ1n) is 5.42. The van der Waals surface area contributed by atoms with Gasteiger partial charge >= 0.3 is 5.51 Å². The van der Waals surface area contributed by atoms with Gasteiger partial charge < -0.3 is 5.73 Å². The second-order valence-electron chi connectivity index (χ2n) is 3.94. The Morgan fingerprint density at radius 3 is 2.37 bits per heavy atom. The molecule has 0 spiro atoms. The van der Waals surface area contributed by atoms with Crippen molar-refractivity contribution < 1.29 is 13.2 Å². The van der Waals surface area contributed by atoms with Gasteiger partial charge in [-0.1, -0.05) is 12.1 Å². The van der Waals surface area contributed by atoms with E-state index in [0.717, 1.165) is 16.3 Å². The Morgan fingerprint density at radius 2 is 1.89 bits per heavy atom. The Bertz CT molecular complexity index is 547. The summed E-state index contributed by atoms with van der Waals surface area (Å²) in [6, 6.07) is 6.02. The molecule has 0 saturated carbocycles. The Hall–Kier alpha value is -1.05. The molecule has 0 aliphatic rings. The Balaban J connectivity index is 2.17. The third-order valence-corrected chi connectivity index (χ3v) is 3.97. The summed E-state index contributed by atoms with van der Waals surface area (Å²) in [5.41, 5.74) is 3.04. The molecule has 2 rings (SSSR count). The van der Waals surface area contributed by atoms with E-state index in [2.05, 4.69) is 4.98 Å². The van der Waals surface area contributed by atoms with Crippen LogP contribution < -0.4 is 5.73 Å². The first kappa shape index (κ1) is 14.4. The molecule has 0 bridgehead atoms. The van der Waals surface area contributed by atoms with E-state index in [4.69, 9.17) is 5.73 Å². The van der Waals surface area contributed by atoms with Crippen LogP contribution in [0.5, 0.6) is 0 Å². The molecule has 19 heavy (non-hydrogen) atoms. The fourth-order valence-electron chi connectivity index (χ4n) is 1.43. The first-order chi connectivity index (χ1) is 8.85. The molecule has 1 atom stereocenters. The van der Waals surface area contributed by atoms with E-state index in [1.165, 1.54) is 23.5 Å². The topological polar surface area (TPSA) is 38.9 Å². The molecule has 1 aromatic carbocycles. The van der Waals surface area contributed by atoms with Crippen molar-refractivity contribution in [2.24, 2.45) is 5.73 Å². The van der Waals surface area contributed by atoms with E-state index >= 15 is 0 Å². The molecule has 0 aliphatic heterocycles. The number of thioether (sulfide) groups is 1. The highest BCUT2D eigenvalue weighted by Gasteiger charge is 2.29. The molecule has 2 aromatic rings. The van der Waals surface area contributed by atoms with Crippen LogP contribution >= 0.6 is 23.1 Å². The summed E-state index contributed by atoms with van der Waals surface area (Å²) < 4.78 is 36.6. The molecule has 102 valence electrons. The molecule has 0 radical (unpaired) electrons. The standard InChI is InChI=1S/C12H11F3N2S2/c1-7(16)10-6-18-11(17-10)8-2-4-9(5-3-8)19-12(13,14)15/h2-7H,16H2,1H3. The van der Waals surface area contributed by atoms with Gasteiger partial charge in [-0.3, -0.25) is 0 Å². The summed E-state index contributed by atoms with van der Waals surface area (Å²) in [6.45, 7) is 1.84. The van der Waals surface area contributed by atoms with E-state index in [1.54, 1.807) is 12.1 Å². The Morgan fingerprint density at radius 1 is 1.26 bits per heavy atom. The van der Waals surface area contributed by atoms with Crippen LogP contribution in [0.3, 0.4) is 0 Å². The lowest BCUT2D eigenvalue weighted by molar-refractivity contribution is -0.0328. The predicted octanol–water partition coefficient (Wildman–Crippen LogP) is 4.44. The molecule has 0 saturated heterocycles. The second-order valence-corrected chi connectivity index (χ2v) is 5.93. The number of alkyl halides is 3. The van der Waals surface area contributed by atoms with Gasteiger partial charge in [-0.15, -0.1) is 11.3 Å². The van der Waals surface area contributed by atoms with E-state index in [1.807, 2.05) is 12.3 Å². The van der Waals surface area contributed by atoms with Gasteiger partial charge in [-0.2, -0.15) is 13.2 Å². The largest absolute Gasteiger partial charge is 0.446 e. The van der Waals surface area contributed by atoms with Crippen LogP contribution in [0.15, 0.2) is 34.5 Å². The molecule has 2 nitrogen and oxygen atoms in total. The van der Waals surface area contributed by atoms with Crippen LogP contribution in [-0.2, 0) is 0 Å². The summed E-state index contributed by atoms with van der Waals surface area (Å²) in [7, 11) is 0. The molecule has 0 fully saturated rings. The number of nitrogens with zero attached hydrogens (tertiary/aromatic N) is 1. The van der Waals surface area contributed by atoms with E-state index < -0.39 is 5.51 Å². The number of rotatable bonds is 3. The highest BCUT2D eigenvalue weighted by Crippen LogP contribution is 2.37. The molecule has 1 heterocycles. The number of thiazole rings is 1. The maximum Gasteiger partial charge on any atom is 0.446 e. The van der Waals surface area contributed by atoms with Gasteiger partial charge in [-0.05, 0) is 30.8 Å². The summed E-state index contributed by atoms with van der Waals surface area (Å²) in [5.74, 6) is 0. The van der Waals surface area contributed by atoms with E-state index in [0.29, 0.717) is 0 Å². The average molecular weight is 304 g/mol. The van der Waals surface area contributed by atoms with Gasteiger partial charge in [-0.25, -0.2) is 4.98 Å². The van der Waals surface area contributed by atoms with Crippen molar-refractivity contribution in [2.45, 2.75) is 23.4 Å². The lowest BCUT2D eigenvalue weighted by Crippen LogP contribution is -2.04. The fraction of sp³-hybridized carbons (Fsp3) is 0.250. The van der Waals surface area contributed by atoms with Crippen molar-refractivity contribution in [1.29, 1.82) is 0 Å². The lowest BCUT2D eigenvalue weighted by atomic mass is 10.2. The van der Waals surface area contributed by atoms with Gasteiger partial charge in [0.1, 0.15) is 5.01 Å². The van der Waals surface area contributed by atoms with Crippen LogP contribution in [0, 0.1) is 0 Å². The molecular formula is C12H11F3N2S2. The summed E-state index contributed by atoms with van der Waals surface area (Å²) in [4.78, 5) is 4.52. The van der Waals surface area contributed by atoms with Gasteiger partial charge in [0.2, 0.25) is 0 Å². The average Bonchev–Trinajstić information content (AvgIpc) is 2.77. The fourth-order valence-corrected chi connectivity index (χ4v) is 2.90. The number of aromatic nitrogens is 1. The molecule has 1 aromatic heterocycles. The van der Waals surface area contributed by atoms with Crippen LogP contribution in [0.4, 0.5) is 13.2 Å². The maximum absolute atomic E-state index is 12.2. The van der Waals surface area contributed by atoms with Gasteiger partial charge in [0.15, 0.2) is 0 Å². The maximum atomic E-state index is 12.2. The molecular weight excluding hydrogens is 293 g/mol. The summed E-state index contributed by atoms with van der Waals surface area (Å²) >= 11 is 1.31. The van der Waals surface area contributed by atoms with Crippen LogP contribution in [0.1, 0.15) is 18.7 Å². The highest BCUT2D eigenvalue weighted by molar-refractivity contribution is 8.00. The number of hydrogen-bond acceptors (Lipinski definition) is 4. The zero-order valence-electron chi connectivity index (χ0n) is 9.94. The van der Waals surface area contributed by atoms with Crippen molar-refractivity contribution in [3.63, 3.8) is 0 Å². The van der Waals surface area contributed by atoms with E-state index in [-0.39, 0.29) is 22.7 Å². The van der Waals surface area contributed by atoms with Gasteiger partial charge in [0, 0.05) is 21.9 Å². The number of benzene rings is 1. The summed E-state index contributed by atoms with van der Waals surface area (Å²) in [5, 5.41) is 2.62. The Labute approximate surface area is 116 Å². The minimum absolute atomic E-state index is 0.122. The molecule has 7 heteroatoms. The zero-order chi connectivity index (χ0) is 14.0. The van der Waals surface area contributed by atoms with Crippen molar-refractivity contribution in [3.8, 4) is 10.6 Å². The van der Waals surface area contributed by atoms with Crippen molar-refractivity contribution in [2.75, 3.05) is 0 Å². The molecule has 0 amide bonds. The van der Waals surface area contributed by atoms with Crippen LogP contribution in [0.25, 0.3) is 10.6 Å². The van der Waals surface area contributed by atoms with Crippen LogP contribution in [0.2, 0.25) is 0 Å². The minimum atomic E-state index is -4.26. The third-order valence-electron chi connectivity index (χ3n) is 2.32. The Kier molecular flexibility index (Phi) is 4.17. The monoisotopic (exact) mass is 304 g/mol. The van der Waals surface area contributed by atoms with Crippen molar-refractivity contribution in [1.82, 2.24) is 4.98 Å². The second kappa shape index (κ2) is 5.52. The van der Waals surface area contributed by atoms with Crippen LogP contribution in [-0.4, -0.2) is 10.5 Å².